The molecule has 7 nitrogen and oxygen atoms in total. The van der Waals surface area contributed by atoms with Gasteiger partial charge in [0.1, 0.15) is 18.4 Å². The van der Waals surface area contributed by atoms with E-state index in [4.69, 9.17) is 23.2 Å². The number of nitrogens with zero attached hydrogens (tertiary/aromatic N) is 2. The van der Waals surface area contributed by atoms with Gasteiger partial charge in [0.05, 0.1) is 10.6 Å². The molecule has 0 saturated heterocycles. The quantitative estimate of drug-likeness (QED) is 0.170. The molecule has 0 fully saturated rings. The Morgan fingerprint density at radius 1 is 0.911 bits per heavy atom. The Bertz CT molecular complexity index is 1720. The van der Waals surface area contributed by atoms with Gasteiger partial charge in [-0.1, -0.05) is 84.2 Å². The molecule has 4 aromatic carbocycles. The molecule has 0 radical (unpaired) electrons. The average Bonchev–Trinajstić information content (AvgIpc) is 3.02. The van der Waals surface area contributed by atoms with Crippen LogP contribution in [0.1, 0.15) is 30.0 Å². The smallest absolute Gasteiger partial charge is 0.264 e. The van der Waals surface area contributed by atoms with Gasteiger partial charge in [0.15, 0.2) is 0 Å². The van der Waals surface area contributed by atoms with E-state index in [1.54, 1.807) is 42.5 Å². The van der Waals surface area contributed by atoms with Gasteiger partial charge in [-0.2, -0.15) is 0 Å². The van der Waals surface area contributed by atoms with Gasteiger partial charge in [-0.25, -0.2) is 12.8 Å². The maximum atomic E-state index is 14.4. The van der Waals surface area contributed by atoms with Gasteiger partial charge in [-0.15, -0.1) is 0 Å². The predicted molar refractivity (Wildman–Crippen MR) is 176 cm³/mol. The van der Waals surface area contributed by atoms with Crippen LogP contribution >= 0.6 is 23.2 Å². The molecule has 0 heterocycles. The molecule has 1 atom stereocenters. The minimum atomic E-state index is -4.34. The number of halogens is 3. The molecule has 11 heteroatoms. The van der Waals surface area contributed by atoms with E-state index in [1.807, 2.05) is 44.2 Å². The first-order chi connectivity index (χ1) is 21.5. The number of amides is 2. The van der Waals surface area contributed by atoms with Crippen LogP contribution in [0.15, 0.2) is 102 Å². The number of anilines is 1. The van der Waals surface area contributed by atoms with Gasteiger partial charge in [0.2, 0.25) is 11.8 Å². The number of carbonyl (C=O) groups is 2. The van der Waals surface area contributed by atoms with Crippen molar-refractivity contribution in [3.8, 4) is 0 Å². The highest BCUT2D eigenvalue weighted by Crippen LogP contribution is 2.27. The Balaban J connectivity index is 1.81. The van der Waals surface area contributed by atoms with Gasteiger partial charge in [-0.3, -0.25) is 13.9 Å². The molecule has 0 aliphatic heterocycles. The van der Waals surface area contributed by atoms with Crippen LogP contribution in [0.3, 0.4) is 0 Å². The van der Waals surface area contributed by atoms with Crippen molar-refractivity contribution >= 4 is 50.7 Å². The van der Waals surface area contributed by atoms with Crippen molar-refractivity contribution in [3.05, 3.63) is 130 Å². The molecule has 1 unspecified atom stereocenters. The summed E-state index contributed by atoms with van der Waals surface area (Å²) in [6.45, 7) is 3.43. The number of hydrogen-bond acceptors (Lipinski definition) is 4. The van der Waals surface area contributed by atoms with E-state index in [0.717, 1.165) is 39.7 Å². The molecular weight excluding hydrogens is 636 g/mol. The zero-order chi connectivity index (χ0) is 32.6. The first-order valence-electron chi connectivity index (χ1n) is 14.4. The molecule has 0 bridgehead atoms. The number of aryl methyl sites for hydroxylation is 1. The fourth-order valence-electron chi connectivity index (χ4n) is 4.73. The zero-order valence-electron chi connectivity index (χ0n) is 24.9. The third-order valence-corrected chi connectivity index (χ3v) is 9.55. The highest BCUT2D eigenvalue weighted by molar-refractivity contribution is 7.92. The minimum absolute atomic E-state index is 0.0930. The second-order valence-corrected chi connectivity index (χ2v) is 13.3. The second-order valence-electron chi connectivity index (χ2n) is 10.6. The number of benzene rings is 4. The standard InChI is InChI=1S/C34H34Cl2FN3O4S/c1-3-19-38-34(42)32(20-25-7-5-4-6-8-25)39(22-26-11-12-27(35)21-31(26)36)33(41)23-40(29-15-9-24(2)10-16-29)45(43,44)30-17-13-28(37)14-18-30/h4-18,21,32H,3,19-20,22-23H2,1-2H3,(H,38,42). The molecule has 0 aliphatic rings. The first-order valence-corrected chi connectivity index (χ1v) is 16.6. The molecule has 45 heavy (non-hydrogen) atoms. The second kappa shape index (κ2) is 15.4. The summed E-state index contributed by atoms with van der Waals surface area (Å²) in [6, 6.07) is 24.1. The summed E-state index contributed by atoms with van der Waals surface area (Å²) in [5.41, 5.74) is 2.46. The molecule has 4 aromatic rings. The van der Waals surface area contributed by atoms with Crippen LogP contribution in [0.2, 0.25) is 10.0 Å². The van der Waals surface area contributed by atoms with Crippen LogP contribution in [-0.2, 0) is 32.6 Å². The number of rotatable bonds is 13. The lowest BCUT2D eigenvalue weighted by Crippen LogP contribution is -2.53. The van der Waals surface area contributed by atoms with Crippen molar-refractivity contribution < 1.29 is 22.4 Å². The summed E-state index contributed by atoms with van der Waals surface area (Å²) >= 11 is 12.7. The fourth-order valence-corrected chi connectivity index (χ4v) is 6.61. The normalized spacial score (nSPS) is 11.9. The molecular formula is C34H34Cl2FN3O4S. The van der Waals surface area contributed by atoms with Crippen LogP contribution in [0, 0.1) is 12.7 Å². The van der Waals surface area contributed by atoms with E-state index >= 15 is 0 Å². The lowest BCUT2D eigenvalue weighted by atomic mass is 10.0. The summed E-state index contributed by atoms with van der Waals surface area (Å²) < 4.78 is 42.7. The van der Waals surface area contributed by atoms with E-state index in [9.17, 15) is 22.4 Å². The number of nitrogens with one attached hydrogen (secondary N) is 1. The van der Waals surface area contributed by atoms with Crippen molar-refractivity contribution in [2.24, 2.45) is 0 Å². The number of hydrogen-bond donors (Lipinski definition) is 1. The molecule has 2 amide bonds. The lowest BCUT2D eigenvalue weighted by Gasteiger charge is -2.34. The monoisotopic (exact) mass is 669 g/mol. The summed E-state index contributed by atoms with van der Waals surface area (Å²) in [7, 11) is -4.34. The van der Waals surface area contributed by atoms with E-state index in [1.165, 1.54) is 4.90 Å². The first kappa shape index (κ1) is 34.0. The maximum Gasteiger partial charge on any atom is 0.264 e. The molecule has 0 saturated carbocycles. The minimum Gasteiger partial charge on any atom is -0.354 e. The van der Waals surface area contributed by atoms with Crippen molar-refractivity contribution in [2.45, 2.75) is 44.2 Å². The SMILES string of the molecule is CCCNC(=O)C(Cc1ccccc1)N(Cc1ccc(Cl)cc1Cl)C(=O)CN(c1ccc(C)cc1)S(=O)(=O)c1ccc(F)cc1. The molecule has 236 valence electrons. The van der Waals surface area contributed by atoms with Crippen molar-refractivity contribution in [3.63, 3.8) is 0 Å². The Labute approximate surface area is 273 Å². The van der Waals surface area contributed by atoms with Crippen LogP contribution < -0.4 is 9.62 Å². The topological polar surface area (TPSA) is 86.8 Å². The van der Waals surface area contributed by atoms with E-state index in [2.05, 4.69) is 5.32 Å². The van der Waals surface area contributed by atoms with Crippen LogP contribution in [-0.4, -0.2) is 44.3 Å². The molecule has 1 N–H and O–H groups in total. The summed E-state index contributed by atoms with van der Waals surface area (Å²) in [4.78, 5) is 29.3. The van der Waals surface area contributed by atoms with Gasteiger partial charge in [0, 0.05) is 29.6 Å². The van der Waals surface area contributed by atoms with E-state index in [-0.39, 0.29) is 29.5 Å². The maximum absolute atomic E-state index is 14.4. The Morgan fingerprint density at radius 2 is 1.58 bits per heavy atom. The van der Waals surface area contributed by atoms with E-state index < -0.39 is 34.3 Å². The van der Waals surface area contributed by atoms with Crippen LogP contribution in [0.5, 0.6) is 0 Å². The molecule has 4 rings (SSSR count). The third kappa shape index (κ3) is 8.84. The molecule has 0 aromatic heterocycles. The predicted octanol–water partition coefficient (Wildman–Crippen LogP) is 6.80. The van der Waals surface area contributed by atoms with Crippen molar-refractivity contribution in [1.29, 1.82) is 0 Å². The summed E-state index contributed by atoms with van der Waals surface area (Å²) in [5, 5.41) is 3.59. The van der Waals surface area contributed by atoms with Gasteiger partial charge < -0.3 is 10.2 Å². The zero-order valence-corrected chi connectivity index (χ0v) is 27.2. The van der Waals surface area contributed by atoms with Crippen molar-refractivity contribution in [2.75, 3.05) is 17.4 Å². The fraction of sp³-hybridized carbons (Fsp3) is 0.235. The van der Waals surface area contributed by atoms with E-state index in [0.29, 0.717) is 28.6 Å². The van der Waals surface area contributed by atoms with Crippen molar-refractivity contribution in [1.82, 2.24) is 10.2 Å². The largest absolute Gasteiger partial charge is 0.354 e. The summed E-state index contributed by atoms with van der Waals surface area (Å²) in [5.74, 6) is -1.62. The van der Waals surface area contributed by atoms with Crippen LogP contribution in [0.25, 0.3) is 0 Å². The van der Waals surface area contributed by atoms with Gasteiger partial charge in [-0.05, 0) is 73.0 Å². The Hall–Kier alpha value is -3.92. The lowest BCUT2D eigenvalue weighted by molar-refractivity contribution is -0.140. The number of sulfonamides is 1. The Kier molecular flexibility index (Phi) is 11.6. The highest BCUT2D eigenvalue weighted by Gasteiger charge is 2.35. The Morgan fingerprint density at radius 3 is 2.20 bits per heavy atom. The van der Waals surface area contributed by atoms with Gasteiger partial charge >= 0.3 is 0 Å². The average molecular weight is 671 g/mol. The van der Waals surface area contributed by atoms with Gasteiger partial charge in [0.25, 0.3) is 10.0 Å². The third-order valence-electron chi connectivity index (χ3n) is 7.18. The molecule has 0 aliphatic carbocycles. The number of carbonyl (C=O) groups excluding carboxylic acids is 2. The summed E-state index contributed by atoms with van der Waals surface area (Å²) in [6.07, 6.45) is 0.848. The molecule has 0 spiro atoms. The van der Waals surface area contributed by atoms with Crippen LogP contribution in [0.4, 0.5) is 10.1 Å². The highest BCUT2D eigenvalue weighted by atomic mass is 35.5.